The summed E-state index contributed by atoms with van der Waals surface area (Å²) in [5, 5.41) is 1.38. The number of halogens is 2. The molecule has 1 atom stereocenters. The Balaban J connectivity index is 1.80. The fourth-order valence-corrected chi connectivity index (χ4v) is 4.03. The summed E-state index contributed by atoms with van der Waals surface area (Å²) in [6, 6.07) is 4.53. The van der Waals surface area contributed by atoms with Gasteiger partial charge in [-0.05, 0) is 43.0 Å². The van der Waals surface area contributed by atoms with Gasteiger partial charge in [-0.3, -0.25) is 0 Å². The van der Waals surface area contributed by atoms with E-state index in [1.54, 1.807) is 6.07 Å². The third-order valence-electron chi connectivity index (χ3n) is 3.59. The van der Waals surface area contributed by atoms with Gasteiger partial charge in [-0.15, -0.1) is 0 Å². The highest BCUT2D eigenvalue weighted by Crippen LogP contribution is 2.29. The zero-order chi connectivity index (χ0) is 13.7. The van der Waals surface area contributed by atoms with Gasteiger partial charge < -0.3 is 5.73 Å². The second kappa shape index (κ2) is 7.51. The lowest BCUT2D eigenvalue weighted by Gasteiger charge is -2.22. The molecule has 0 heterocycles. The van der Waals surface area contributed by atoms with Crippen molar-refractivity contribution in [3.8, 4) is 0 Å². The van der Waals surface area contributed by atoms with E-state index in [-0.39, 0.29) is 11.9 Å². The van der Waals surface area contributed by atoms with Crippen molar-refractivity contribution in [2.75, 3.05) is 5.75 Å². The minimum absolute atomic E-state index is 0.0474. The first-order chi connectivity index (χ1) is 9.15. The summed E-state index contributed by atoms with van der Waals surface area (Å²) in [6.07, 6.45) is 7.36. The van der Waals surface area contributed by atoms with Gasteiger partial charge in [-0.1, -0.05) is 30.9 Å². The van der Waals surface area contributed by atoms with E-state index in [1.807, 2.05) is 11.8 Å². The zero-order valence-corrected chi connectivity index (χ0v) is 12.7. The molecule has 2 rings (SSSR count). The van der Waals surface area contributed by atoms with E-state index in [9.17, 15) is 4.39 Å². The molecule has 0 amide bonds. The van der Waals surface area contributed by atoms with E-state index < -0.39 is 0 Å². The molecular formula is C15H21ClFNS. The van der Waals surface area contributed by atoms with Crippen molar-refractivity contribution in [2.24, 2.45) is 5.73 Å². The van der Waals surface area contributed by atoms with Gasteiger partial charge in [0.1, 0.15) is 5.82 Å². The van der Waals surface area contributed by atoms with Gasteiger partial charge in [-0.25, -0.2) is 4.39 Å². The summed E-state index contributed by atoms with van der Waals surface area (Å²) in [4.78, 5) is 0. The summed E-state index contributed by atoms with van der Waals surface area (Å²) in [7, 11) is 0. The molecule has 19 heavy (non-hydrogen) atoms. The fraction of sp³-hybridized carbons (Fsp3) is 0.600. The van der Waals surface area contributed by atoms with Crippen LogP contribution in [-0.2, 0) is 6.42 Å². The van der Waals surface area contributed by atoms with Gasteiger partial charge in [0.05, 0.1) is 0 Å². The lowest BCUT2D eigenvalue weighted by Crippen LogP contribution is -2.27. The number of benzene rings is 1. The van der Waals surface area contributed by atoms with Crippen LogP contribution in [0.25, 0.3) is 0 Å². The molecule has 1 nitrogen and oxygen atoms in total. The molecular weight excluding hydrogens is 281 g/mol. The van der Waals surface area contributed by atoms with Crippen LogP contribution in [0.3, 0.4) is 0 Å². The highest BCUT2D eigenvalue weighted by atomic mass is 35.5. The quantitative estimate of drug-likeness (QED) is 0.871. The third kappa shape index (κ3) is 4.97. The number of nitrogens with two attached hydrogens (primary N) is 1. The molecule has 1 aromatic carbocycles. The second-order valence-electron chi connectivity index (χ2n) is 5.29. The summed E-state index contributed by atoms with van der Waals surface area (Å²) >= 11 is 8.03. The summed E-state index contributed by atoms with van der Waals surface area (Å²) in [6.45, 7) is 0. The average molecular weight is 302 g/mol. The fourth-order valence-electron chi connectivity index (χ4n) is 2.53. The molecule has 0 aromatic heterocycles. The average Bonchev–Trinajstić information content (AvgIpc) is 2.42. The Bertz CT molecular complexity index is 407. The van der Waals surface area contributed by atoms with Gasteiger partial charge in [0, 0.05) is 22.1 Å². The monoisotopic (exact) mass is 301 g/mol. The third-order valence-corrected chi connectivity index (χ3v) is 5.52. The highest BCUT2D eigenvalue weighted by Gasteiger charge is 2.16. The first-order valence-corrected chi connectivity index (χ1v) is 8.39. The van der Waals surface area contributed by atoms with Crippen LogP contribution in [0.4, 0.5) is 4.39 Å². The Hall–Kier alpha value is -0.250. The summed E-state index contributed by atoms with van der Waals surface area (Å²) < 4.78 is 13.2. The molecule has 1 aliphatic rings. The van der Waals surface area contributed by atoms with Gasteiger partial charge in [0.15, 0.2) is 0 Å². The van der Waals surface area contributed by atoms with Crippen molar-refractivity contribution in [1.82, 2.24) is 0 Å². The molecule has 4 heteroatoms. The van der Waals surface area contributed by atoms with Crippen molar-refractivity contribution in [2.45, 2.75) is 49.8 Å². The van der Waals surface area contributed by atoms with E-state index in [4.69, 9.17) is 17.3 Å². The maximum atomic E-state index is 13.2. The van der Waals surface area contributed by atoms with Crippen LogP contribution in [0, 0.1) is 5.82 Å². The molecule has 0 aliphatic heterocycles. The van der Waals surface area contributed by atoms with Crippen LogP contribution in [0.1, 0.15) is 37.7 Å². The van der Waals surface area contributed by atoms with E-state index >= 15 is 0 Å². The maximum Gasteiger partial charge on any atom is 0.123 e. The van der Waals surface area contributed by atoms with Crippen molar-refractivity contribution >= 4 is 23.4 Å². The molecule has 1 aromatic rings. The topological polar surface area (TPSA) is 26.0 Å². The van der Waals surface area contributed by atoms with Crippen LogP contribution in [-0.4, -0.2) is 17.0 Å². The van der Waals surface area contributed by atoms with E-state index in [0.29, 0.717) is 11.4 Å². The van der Waals surface area contributed by atoms with Crippen LogP contribution < -0.4 is 5.73 Å². The molecule has 1 unspecified atom stereocenters. The van der Waals surface area contributed by atoms with Crippen molar-refractivity contribution in [3.63, 3.8) is 0 Å². The number of hydrogen-bond donors (Lipinski definition) is 1. The predicted octanol–water partition coefficient (Wildman–Crippen LogP) is 4.41. The minimum atomic E-state index is -0.244. The standard InChI is InChI=1S/C15H21ClFNS/c16-15-7-6-12(17)8-11(15)9-13(18)10-19-14-4-2-1-3-5-14/h6-8,13-14H,1-5,9-10,18H2. The van der Waals surface area contributed by atoms with Gasteiger partial charge >= 0.3 is 0 Å². The molecule has 0 saturated heterocycles. The van der Waals surface area contributed by atoms with Crippen LogP contribution in [0.5, 0.6) is 0 Å². The highest BCUT2D eigenvalue weighted by molar-refractivity contribution is 7.99. The van der Waals surface area contributed by atoms with Crippen molar-refractivity contribution in [1.29, 1.82) is 0 Å². The van der Waals surface area contributed by atoms with Gasteiger partial charge in [0.25, 0.3) is 0 Å². The van der Waals surface area contributed by atoms with Gasteiger partial charge in [-0.2, -0.15) is 11.8 Å². The van der Waals surface area contributed by atoms with Crippen LogP contribution in [0.2, 0.25) is 5.02 Å². The number of rotatable bonds is 5. The number of hydrogen-bond acceptors (Lipinski definition) is 2. The Morgan fingerprint density at radius 1 is 1.32 bits per heavy atom. The first-order valence-electron chi connectivity index (χ1n) is 6.96. The summed E-state index contributed by atoms with van der Waals surface area (Å²) in [5.41, 5.74) is 6.96. The van der Waals surface area contributed by atoms with Crippen molar-refractivity contribution < 1.29 is 4.39 Å². The lowest BCUT2D eigenvalue weighted by molar-refractivity contribution is 0.515. The van der Waals surface area contributed by atoms with E-state index in [0.717, 1.165) is 16.6 Å². The van der Waals surface area contributed by atoms with E-state index in [2.05, 4.69) is 0 Å². The predicted molar refractivity (Wildman–Crippen MR) is 82.4 cm³/mol. The van der Waals surface area contributed by atoms with Crippen LogP contribution >= 0.6 is 23.4 Å². The normalized spacial score (nSPS) is 18.5. The largest absolute Gasteiger partial charge is 0.327 e. The molecule has 0 spiro atoms. The van der Waals surface area contributed by atoms with Crippen LogP contribution in [0.15, 0.2) is 18.2 Å². The molecule has 1 fully saturated rings. The minimum Gasteiger partial charge on any atom is -0.327 e. The summed E-state index contributed by atoms with van der Waals surface area (Å²) in [5.74, 6) is 0.684. The second-order valence-corrected chi connectivity index (χ2v) is 7.03. The Morgan fingerprint density at radius 3 is 2.79 bits per heavy atom. The molecule has 2 N–H and O–H groups in total. The Morgan fingerprint density at radius 2 is 2.05 bits per heavy atom. The smallest absolute Gasteiger partial charge is 0.123 e. The molecule has 0 radical (unpaired) electrons. The molecule has 106 valence electrons. The lowest BCUT2D eigenvalue weighted by atomic mass is 10.0. The first kappa shape index (κ1) is 15.1. The van der Waals surface area contributed by atoms with E-state index in [1.165, 1.54) is 44.2 Å². The van der Waals surface area contributed by atoms with Gasteiger partial charge in [0.2, 0.25) is 0 Å². The zero-order valence-electron chi connectivity index (χ0n) is 11.1. The maximum absolute atomic E-state index is 13.2. The molecule has 1 aliphatic carbocycles. The Kier molecular flexibility index (Phi) is 5.99. The SMILES string of the molecule is NC(CSC1CCCCC1)Cc1cc(F)ccc1Cl. The molecule has 1 saturated carbocycles. The number of thioether (sulfide) groups is 1. The van der Waals surface area contributed by atoms with Crippen molar-refractivity contribution in [3.05, 3.63) is 34.6 Å². The molecule has 0 bridgehead atoms. The Labute approximate surface area is 124 Å².